The van der Waals surface area contributed by atoms with Gasteiger partial charge in [0.2, 0.25) is 5.78 Å². The van der Waals surface area contributed by atoms with Gasteiger partial charge < -0.3 is 9.40 Å². The summed E-state index contributed by atoms with van der Waals surface area (Å²) in [5.74, 6) is -0.542. The van der Waals surface area contributed by atoms with Crippen molar-refractivity contribution in [2.75, 3.05) is 0 Å². The number of hydrogen-bond donors (Lipinski definition) is 1. The van der Waals surface area contributed by atoms with E-state index in [4.69, 9.17) is 4.42 Å². The minimum absolute atomic E-state index is 0.203. The van der Waals surface area contributed by atoms with Crippen LogP contribution in [-0.4, -0.2) is 10.8 Å². The normalized spacial score (nSPS) is 10.9. The van der Waals surface area contributed by atoms with E-state index in [0.29, 0.717) is 10.9 Å². The fourth-order valence-electron chi connectivity index (χ4n) is 1.86. The first-order valence-electron chi connectivity index (χ1n) is 5.11. The number of carbonyl (C=O) groups excluding carboxylic acids is 1. The predicted molar refractivity (Wildman–Crippen MR) is 60.4 cm³/mol. The first-order valence-corrected chi connectivity index (χ1v) is 5.11. The van der Waals surface area contributed by atoms with Crippen molar-refractivity contribution in [2.24, 2.45) is 0 Å². The Morgan fingerprint density at radius 3 is 2.88 bits per heavy atom. The molecule has 0 amide bonds. The molecule has 3 nitrogen and oxygen atoms in total. The average molecular weight is 229 g/mol. The molecule has 84 valence electrons. The van der Waals surface area contributed by atoms with Gasteiger partial charge in [0, 0.05) is 17.1 Å². The number of H-pyrrole nitrogens is 1. The molecule has 3 rings (SSSR count). The fourth-order valence-corrected chi connectivity index (χ4v) is 1.86. The number of furan rings is 1. The second-order valence-corrected chi connectivity index (χ2v) is 3.67. The van der Waals surface area contributed by atoms with Gasteiger partial charge in [0.1, 0.15) is 5.82 Å². The third kappa shape index (κ3) is 1.45. The summed E-state index contributed by atoms with van der Waals surface area (Å²) in [6, 6.07) is 7.82. The van der Waals surface area contributed by atoms with Gasteiger partial charge in [-0.2, -0.15) is 0 Å². The highest BCUT2D eigenvalue weighted by atomic mass is 19.1. The van der Waals surface area contributed by atoms with Gasteiger partial charge in [-0.3, -0.25) is 4.79 Å². The summed E-state index contributed by atoms with van der Waals surface area (Å²) in [4.78, 5) is 14.9. The monoisotopic (exact) mass is 229 g/mol. The van der Waals surface area contributed by atoms with E-state index in [1.165, 1.54) is 18.5 Å². The number of benzene rings is 1. The second-order valence-electron chi connectivity index (χ2n) is 3.67. The van der Waals surface area contributed by atoms with Gasteiger partial charge in [0.05, 0.1) is 11.8 Å². The number of carbonyl (C=O) groups is 1. The van der Waals surface area contributed by atoms with Gasteiger partial charge in [-0.15, -0.1) is 0 Å². The van der Waals surface area contributed by atoms with E-state index in [9.17, 15) is 9.18 Å². The van der Waals surface area contributed by atoms with Gasteiger partial charge in [0.25, 0.3) is 0 Å². The SMILES string of the molecule is O=C(c1ccco1)c1c[nH]c2cccc(F)c12. The number of aromatic amines is 1. The van der Waals surface area contributed by atoms with Crippen molar-refractivity contribution < 1.29 is 13.6 Å². The van der Waals surface area contributed by atoms with E-state index in [1.807, 2.05) is 0 Å². The van der Waals surface area contributed by atoms with E-state index in [2.05, 4.69) is 4.98 Å². The second kappa shape index (κ2) is 3.59. The van der Waals surface area contributed by atoms with Crippen LogP contribution in [0.5, 0.6) is 0 Å². The Kier molecular flexibility index (Phi) is 2.08. The summed E-state index contributed by atoms with van der Waals surface area (Å²) in [5.41, 5.74) is 0.882. The molecule has 0 saturated carbocycles. The summed E-state index contributed by atoms with van der Waals surface area (Å²) < 4.78 is 18.7. The minimum Gasteiger partial charge on any atom is -0.461 e. The van der Waals surface area contributed by atoms with Crippen LogP contribution in [0, 0.1) is 5.82 Å². The van der Waals surface area contributed by atoms with Crippen LogP contribution in [-0.2, 0) is 0 Å². The molecule has 1 N–H and O–H groups in total. The van der Waals surface area contributed by atoms with E-state index in [1.54, 1.807) is 24.3 Å². The molecular weight excluding hydrogens is 221 g/mol. The molecule has 0 spiro atoms. The minimum atomic E-state index is -0.418. The van der Waals surface area contributed by atoms with Crippen molar-refractivity contribution in [1.82, 2.24) is 4.98 Å². The Bertz CT molecular complexity index is 683. The predicted octanol–water partition coefficient (Wildman–Crippen LogP) is 3.13. The standard InChI is InChI=1S/C13H8FNO2/c14-9-3-1-4-10-12(9)8(7-15-10)13(16)11-5-2-6-17-11/h1-7,15H. The Balaban J connectivity index is 2.22. The third-order valence-electron chi connectivity index (χ3n) is 2.64. The molecule has 2 aromatic heterocycles. The van der Waals surface area contributed by atoms with Gasteiger partial charge in [-0.1, -0.05) is 6.07 Å². The lowest BCUT2D eigenvalue weighted by Crippen LogP contribution is -1.98. The fraction of sp³-hybridized carbons (Fsp3) is 0. The molecule has 1 aromatic carbocycles. The van der Waals surface area contributed by atoms with Gasteiger partial charge in [-0.25, -0.2) is 4.39 Å². The zero-order chi connectivity index (χ0) is 11.8. The molecular formula is C13H8FNO2. The average Bonchev–Trinajstić information content (AvgIpc) is 2.98. The maximum absolute atomic E-state index is 13.7. The summed E-state index contributed by atoms with van der Waals surface area (Å²) >= 11 is 0. The Labute approximate surface area is 95.9 Å². The Morgan fingerprint density at radius 2 is 2.12 bits per heavy atom. The van der Waals surface area contributed by atoms with Crippen LogP contribution in [0.4, 0.5) is 4.39 Å². The number of hydrogen-bond acceptors (Lipinski definition) is 2. The summed E-state index contributed by atoms with van der Waals surface area (Å²) in [7, 11) is 0. The van der Waals surface area contributed by atoms with Crippen LogP contribution in [0.1, 0.15) is 16.1 Å². The third-order valence-corrected chi connectivity index (χ3v) is 2.64. The zero-order valence-electron chi connectivity index (χ0n) is 8.74. The molecule has 0 radical (unpaired) electrons. The maximum atomic E-state index is 13.7. The molecule has 0 aliphatic rings. The highest BCUT2D eigenvalue weighted by Gasteiger charge is 2.18. The molecule has 2 heterocycles. The first kappa shape index (κ1) is 9.84. The number of rotatable bonds is 2. The van der Waals surface area contributed by atoms with Gasteiger partial charge >= 0.3 is 0 Å². The topological polar surface area (TPSA) is 46.0 Å². The maximum Gasteiger partial charge on any atom is 0.230 e. The van der Waals surface area contributed by atoms with E-state index >= 15 is 0 Å². The zero-order valence-corrected chi connectivity index (χ0v) is 8.74. The van der Waals surface area contributed by atoms with Crippen molar-refractivity contribution in [3.05, 3.63) is 59.9 Å². The van der Waals surface area contributed by atoms with Crippen molar-refractivity contribution in [1.29, 1.82) is 0 Å². The number of fused-ring (bicyclic) bond motifs is 1. The highest BCUT2D eigenvalue weighted by molar-refractivity contribution is 6.15. The number of halogens is 1. The van der Waals surface area contributed by atoms with Crippen molar-refractivity contribution in [2.45, 2.75) is 0 Å². The van der Waals surface area contributed by atoms with Crippen LogP contribution in [0.2, 0.25) is 0 Å². The molecule has 0 unspecified atom stereocenters. The first-order chi connectivity index (χ1) is 8.27. The smallest absolute Gasteiger partial charge is 0.230 e. The van der Waals surface area contributed by atoms with E-state index in [0.717, 1.165) is 0 Å². The largest absolute Gasteiger partial charge is 0.461 e. The van der Waals surface area contributed by atoms with Crippen molar-refractivity contribution >= 4 is 16.7 Å². The Morgan fingerprint density at radius 1 is 1.24 bits per heavy atom. The van der Waals surface area contributed by atoms with E-state index in [-0.39, 0.29) is 17.1 Å². The molecule has 0 aliphatic carbocycles. The molecule has 0 saturated heterocycles. The van der Waals surface area contributed by atoms with Crippen molar-refractivity contribution in [3.8, 4) is 0 Å². The molecule has 17 heavy (non-hydrogen) atoms. The van der Waals surface area contributed by atoms with Gasteiger partial charge in [0.15, 0.2) is 5.76 Å². The van der Waals surface area contributed by atoms with Crippen LogP contribution >= 0.6 is 0 Å². The summed E-state index contributed by atoms with van der Waals surface area (Å²) in [6.45, 7) is 0. The molecule has 4 heteroatoms. The summed E-state index contributed by atoms with van der Waals surface area (Å²) in [5, 5.41) is 0.300. The number of ketones is 1. The van der Waals surface area contributed by atoms with Crippen LogP contribution in [0.15, 0.2) is 47.2 Å². The molecule has 0 aliphatic heterocycles. The van der Waals surface area contributed by atoms with Crippen LogP contribution in [0.25, 0.3) is 10.9 Å². The van der Waals surface area contributed by atoms with Crippen LogP contribution < -0.4 is 0 Å². The number of nitrogens with one attached hydrogen (secondary N) is 1. The van der Waals surface area contributed by atoms with Crippen molar-refractivity contribution in [3.63, 3.8) is 0 Å². The lowest BCUT2D eigenvalue weighted by Gasteiger charge is -1.96. The Hall–Kier alpha value is -2.36. The quantitative estimate of drug-likeness (QED) is 0.686. The lowest BCUT2D eigenvalue weighted by molar-refractivity contribution is 0.101. The number of aromatic nitrogens is 1. The molecule has 0 bridgehead atoms. The molecule has 3 aromatic rings. The van der Waals surface area contributed by atoms with Crippen LogP contribution in [0.3, 0.4) is 0 Å². The molecule has 0 fully saturated rings. The molecule has 0 atom stereocenters. The lowest BCUT2D eigenvalue weighted by atomic mass is 10.1. The van der Waals surface area contributed by atoms with E-state index < -0.39 is 5.82 Å². The highest BCUT2D eigenvalue weighted by Crippen LogP contribution is 2.23. The van der Waals surface area contributed by atoms with Gasteiger partial charge in [-0.05, 0) is 24.3 Å². The summed E-state index contributed by atoms with van der Waals surface area (Å²) in [6.07, 6.45) is 2.91.